The third kappa shape index (κ3) is 4.03. The summed E-state index contributed by atoms with van der Waals surface area (Å²) in [5.74, 6) is -1.24. The Morgan fingerprint density at radius 3 is 2.20 bits per heavy atom. The topological polar surface area (TPSA) is 63.6 Å². The maximum absolute atomic E-state index is 12.0. The van der Waals surface area contributed by atoms with Gasteiger partial charge in [0.05, 0.1) is 17.6 Å². The minimum atomic E-state index is -0.912. The lowest BCUT2D eigenvalue weighted by Crippen LogP contribution is -2.38. The van der Waals surface area contributed by atoms with E-state index in [1.54, 1.807) is 37.3 Å². The predicted molar refractivity (Wildman–Crippen MR) is 77.3 cm³/mol. The van der Waals surface area contributed by atoms with Crippen molar-refractivity contribution in [2.24, 2.45) is 5.92 Å². The highest BCUT2D eigenvalue weighted by Gasteiger charge is 2.29. The van der Waals surface area contributed by atoms with E-state index in [2.05, 4.69) is 6.58 Å². The van der Waals surface area contributed by atoms with Crippen molar-refractivity contribution in [2.75, 3.05) is 0 Å². The third-order valence-electron chi connectivity index (χ3n) is 3.23. The van der Waals surface area contributed by atoms with Gasteiger partial charge in [-0.3, -0.25) is 4.79 Å². The Balaban J connectivity index is 2.84. The Kier molecular flexibility index (Phi) is 5.65. The number of aliphatic hydroxyl groups is 1. The first-order chi connectivity index (χ1) is 9.36. The second-order valence-corrected chi connectivity index (χ2v) is 4.84. The highest BCUT2D eigenvalue weighted by molar-refractivity contribution is 5.90. The molecule has 4 heteroatoms. The number of ether oxygens (including phenoxy) is 1. The van der Waals surface area contributed by atoms with Crippen LogP contribution in [0.5, 0.6) is 0 Å². The maximum atomic E-state index is 12.0. The van der Waals surface area contributed by atoms with Crippen molar-refractivity contribution < 1.29 is 19.4 Å². The highest BCUT2D eigenvalue weighted by Crippen LogP contribution is 2.16. The number of ketones is 1. The molecule has 1 aromatic carbocycles. The molecule has 0 aliphatic rings. The van der Waals surface area contributed by atoms with Crippen LogP contribution in [0.3, 0.4) is 0 Å². The van der Waals surface area contributed by atoms with Gasteiger partial charge in [-0.05, 0) is 31.5 Å². The van der Waals surface area contributed by atoms with Gasteiger partial charge in [0.2, 0.25) is 0 Å². The molecule has 0 radical (unpaired) electrons. The van der Waals surface area contributed by atoms with E-state index in [0.717, 1.165) is 5.56 Å². The van der Waals surface area contributed by atoms with Crippen LogP contribution in [0.15, 0.2) is 30.8 Å². The van der Waals surface area contributed by atoms with Crippen molar-refractivity contribution in [3.05, 3.63) is 42.0 Å². The summed E-state index contributed by atoms with van der Waals surface area (Å²) in [5.41, 5.74) is 1.27. The summed E-state index contributed by atoms with van der Waals surface area (Å²) < 4.78 is 5.26. The molecule has 0 fully saturated rings. The van der Waals surface area contributed by atoms with Crippen molar-refractivity contribution >= 4 is 17.8 Å². The number of carbonyl (C=O) groups is 2. The molecule has 1 N–H and O–H groups in total. The monoisotopic (exact) mass is 276 g/mol. The van der Waals surface area contributed by atoms with E-state index in [0.29, 0.717) is 5.56 Å². The average Bonchev–Trinajstić information content (AvgIpc) is 2.43. The zero-order chi connectivity index (χ0) is 15.3. The lowest BCUT2D eigenvalue weighted by molar-refractivity contribution is -0.126. The zero-order valence-corrected chi connectivity index (χ0v) is 12.0. The third-order valence-corrected chi connectivity index (χ3v) is 3.23. The van der Waals surface area contributed by atoms with Gasteiger partial charge < -0.3 is 9.84 Å². The van der Waals surface area contributed by atoms with Gasteiger partial charge in [-0.25, -0.2) is 4.79 Å². The molecule has 0 bridgehead atoms. The SMILES string of the molecule is C=Cc1ccc(C(=O)OC(C(C)O)C(C)C(C)=O)cc1. The molecule has 0 spiro atoms. The van der Waals surface area contributed by atoms with Crippen molar-refractivity contribution in [2.45, 2.75) is 33.0 Å². The molecule has 3 atom stereocenters. The first-order valence-electron chi connectivity index (χ1n) is 6.48. The molecule has 0 amide bonds. The Bertz CT molecular complexity index is 488. The van der Waals surface area contributed by atoms with E-state index in [9.17, 15) is 14.7 Å². The number of hydrogen-bond acceptors (Lipinski definition) is 4. The van der Waals surface area contributed by atoms with Gasteiger partial charge >= 0.3 is 5.97 Å². The van der Waals surface area contributed by atoms with Crippen LogP contribution in [0.25, 0.3) is 6.08 Å². The molecule has 0 aromatic heterocycles. The first kappa shape index (κ1) is 16.1. The normalized spacial score (nSPS) is 15.0. The fraction of sp³-hybridized carbons (Fsp3) is 0.375. The molecule has 108 valence electrons. The van der Waals surface area contributed by atoms with Gasteiger partial charge in [0.15, 0.2) is 0 Å². The molecular formula is C16H20O4. The fourth-order valence-corrected chi connectivity index (χ4v) is 1.80. The molecular weight excluding hydrogens is 256 g/mol. The van der Waals surface area contributed by atoms with E-state index in [1.807, 2.05) is 0 Å². The molecule has 0 heterocycles. The van der Waals surface area contributed by atoms with Crippen molar-refractivity contribution in [3.63, 3.8) is 0 Å². The van der Waals surface area contributed by atoms with Crippen LogP contribution in [0.2, 0.25) is 0 Å². The number of esters is 1. The minimum absolute atomic E-state index is 0.134. The summed E-state index contributed by atoms with van der Waals surface area (Å²) >= 11 is 0. The van der Waals surface area contributed by atoms with Gasteiger partial charge in [0, 0.05) is 0 Å². The Morgan fingerprint density at radius 2 is 1.80 bits per heavy atom. The molecule has 20 heavy (non-hydrogen) atoms. The quantitative estimate of drug-likeness (QED) is 0.811. The zero-order valence-electron chi connectivity index (χ0n) is 12.0. The molecule has 0 aliphatic heterocycles. The summed E-state index contributed by atoms with van der Waals surface area (Å²) in [4.78, 5) is 23.4. The Labute approximate surface area is 119 Å². The lowest BCUT2D eigenvalue weighted by atomic mass is 9.96. The van der Waals surface area contributed by atoms with E-state index >= 15 is 0 Å². The van der Waals surface area contributed by atoms with E-state index in [4.69, 9.17) is 4.74 Å². The second-order valence-electron chi connectivity index (χ2n) is 4.84. The van der Waals surface area contributed by atoms with Crippen LogP contribution in [-0.2, 0) is 9.53 Å². The van der Waals surface area contributed by atoms with E-state index in [1.165, 1.54) is 13.8 Å². The summed E-state index contributed by atoms with van der Waals surface area (Å²) in [6.45, 7) is 8.17. The summed E-state index contributed by atoms with van der Waals surface area (Å²) in [6.07, 6.45) is -0.0877. The van der Waals surface area contributed by atoms with Crippen molar-refractivity contribution in [1.29, 1.82) is 0 Å². The van der Waals surface area contributed by atoms with Crippen LogP contribution in [-0.4, -0.2) is 29.1 Å². The largest absolute Gasteiger partial charge is 0.455 e. The van der Waals surface area contributed by atoms with Crippen LogP contribution >= 0.6 is 0 Å². The number of benzene rings is 1. The van der Waals surface area contributed by atoms with Crippen LogP contribution < -0.4 is 0 Å². The fourth-order valence-electron chi connectivity index (χ4n) is 1.80. The lowest BCUT2D eigenvalue weighted by Gasteiger charge is -2.24. The Hall–Kier alpha value is -1.94. The molecule has 0 saturated carbocycles. The average molecular weight is 276 g/mol. The molecule has 0 aliphatic carbocycles. The standard InChI is InChI=1S/C16H20O4/c1-5-13-6-8-14(9-7-13)16(19)20-15(12(4)18)10(2)11(3)17/h5-10,12,15,18H,1H2,2-4H3. The summed E-state index contributed by atoms with van der Waals surface area (Å²) in [7, 11) is 0. The molecule has 0 saturated heterocycles. The molecule has 1 aromatic rings. The van der Waals surface area contributed by atoms with E-state index < -0.39 is 24.1 Å². The molecule has 1 rings (SSSR count). The number of Topliss-reactive ketones (excluding diaryl/α,β-unsaturated/α-hetero) is 1. The van der Waals surface area contributed by atoms with Crippen molar-refractivity contribution in [3.8, 4) is 0 Å². The minimum Gasteiger partial charge on any atom is -0.455 e. The van der Waals surface area contributed by atoms with Crippen LogP contribution in [0.4, 0.5) is 0 Å². The molecule has 3 unspecified atom stereocenters. The van der Waals surface area contributed by atoms with Gasteiger partial charge in [-0.1, -0.05) is 31.7 Å². The predicted octanol–water partition coefficient (Wildman–Crippen LogP) is 2.46. The van der Waals surface area contributed by atoms with Crippen LogP contribution in [0.1, 0.15) is 36.7 Å². The maximum Gasteiger partial charge on any atom is 0.338 e. The van der Waals surface area contributed by atoms with Crippen molar-refractivity contribution in [1.82, 2.24) is 0 Å². The highest BCUT2D eigenvalue weighted by atomic mass is 16.6. The summed E-state index contributed by atoms with van der Waals surface area (Å²) in [6, 6.07) is 6.73. The van der Waals surface area contributed by atoms with Gasteiger partial charge in [-0.2, -0.15) is 0 Å². The molecule has 4 nitrogen and oxygen atoms in total. The van der Waals surface area contributed by atoms with E-state index in [-0.39, 0.29) is 5.78 Å². The summed E-state index contributed by atoms with van der Waals surface area (Å²) in [5, 5.41) is 9.67. The van der Waals surface area contributed by atoms with Gasteiger partial charge in [0.1, 0.15) is 11.9 Å². The number of aliphatic hydroxyl groups excluding tert-OH is 1. The number of hydrogen-bond donors (Lipinski definition) is 1. The smallest absolute Gasteiger partial charge is 0.338 e. The van der Waals surface area contributed by atoms with Crippen LogP contribution in [0, 0.1) is 5.92 Å². The Morgan fingerprint density at radius 1 is 1.25 bits per heavy atom. The first-order valence-corrected chi connectivity index (χ1v) is 6.48. The number of rotatable bonds is 6. The second kappa shape index (κ2) is 7.01. The number of carbonyl (C=O) groups excluding carboxylic acids is 2. The van der Waals surface area contributed by atoms with Gasteiger partial charge in [-0.15, -0.1) is 0 Å². The van der Waals surface area contributed by atoms with Gasteiger partial charge in [0.25, 0.3) is 0 Å².